The van der Waals surface area contributed by atoms with Crippen LogP contribution in [0.4, 0.5) is 11.6 Å². The molecular formula is C24H31Cl2N5O3S. The average molecular weight is 541 g/mol. The molecule has 3 fully saturated rings. The molecule has 2 atom stereocenters. The number of rotatable bonds is 6. The van der Waals surface area contributed by atoms with Gasteiger partial charge in [-0.15, -0.1) is 0 Å². The van der Waals surface area contributed by atoms with Crippen LogP contribution in [0, 0.1) is 5.41 Å². The Balaban J connectivity index is 1.34. The summed E-state index contributed by atoms with van der Waals surface area (Å²) in [5.74, 6) is 1.43. The summed E-state index contributed by atoms with van der Waals surface area (Å²) >= 11 is 14.2. The lowest BCUT2D eigenvalue weighted by Crippen LogP contribution is -2.41. The Kier molecular flexibility index (Phi) is 7.63. The van der Waals surface area contributed by atoms with E-state index in [0.717, 1.165) is 64.2 Å². The van der Waals surface area contributed by atoms with Gasteiger partial charge in [-0.05, 0) is 50.5 Å². The van der Waals surface area contributed by atoms with Gasteiger partial charge < -0.3 is 24.7 Å². The molecule has 0 aromatic carbocycles. The highest BCUT2D eigenvalue weighted by molar-refractivity contribution is 7.99. The third kappa shape index (κ3) is 5.22. The van der Waals surface area contributed by atoms with Crippen LogP contribution >= 0.6 is 35.0 Å². The molecule has 5 heterocycles. The van der Waals surface area contributed by atoms with Crippen molar-refractivity contribution < 1.29 is 14.9 Å². The van der Waals surface area contributed by atoms with E-state index in [9.17, 15) is 10.2 Å². The van der Waals surface area contributed by atoms with E-state index in [1.807, 2.05) is 6.07 Å². The van der Waals surface area contributed by atoms with Crippen molar-refractivity contribution in [3.05, 3.63) is 28.1 Å². The van der Waals surface area contributed by atoms with E-state index in [4.69, 9.17) is 37.9 Å². The zero-order valence-electron chi connectivity index (χ0n) is 19.8. The van der Waals surface area contributed by atoms with Crippen molar-refractivity contribution >= 4 is 46.6 Å². The van der Waals surface area contributed by atoms with Gasteiger partial charge in [-0.1, -0.05) is 35.0 Å². The number of aliphatic hydroxyl groups is 2. The maximum absolute atomic E-state index is 10.1. The van der Waals surface area contributed by atoms with E-state index in [1.54, 1.807) is 6.20 Å². The minimum Gasteiger partial charge on any atom is -0.394 e. The summed E-state index contributed by atoms with van der Waals surface area (Å²) in [5.41, 5.74) is 0.830. The van der Waals surface area contributed by atoms with Gasteiger partial charge in [-0.3, -0.25) is 0 Å². The molecule has 3 aliphatic heterocycles. The standard InChI is InChI=1S/C24H31Cl2N5O3S/c1-15-10-24(14-34-15)4-7-30(8-5-24)23-17(13-33)28-20(11-27-23)35-18-9-19(29-22(26)21(18)25)31-6-2-3-16(31)12-32/h9,11,15-16,32-33H,2-8,10,12-14H2,1H3/t15-,16?/m0/s1. The van der Waals surface area contributed by atoms with Crippen LogP contribution < -0.4 is 9.80 Å². The van der Waals surface area contributed by atoms with Crippen LogP contribution in [0.25, 0.3) is 0 Å². The largest absolute Gasteiger partial charge is 0.394 e. The van der Waals surface area contributed by atoms with Gasteiger partial charge in [0.25, 0.3) is 0 Å². The first kappa shape index (κ1) is 25.3. The van der Waals surface area contributed by atoms with Gasteiger partial charge in [0.1, 0.15) is 16.5 Å². The molecule has 190 valence electrons. The minimum absolute atomic E-state index is 0.0281. The lowest BCUT2D eigenvalue weighted by Gasteiger charge is -2.39. The SMILES string of the molecule is C[C@H]1CC2(CCN(c3ncc(Sc4cc(N5CCCC5CO)nc(Cl)c4Cl)nc3CO)CC2)CO1. The molecular weight excluding hydrogens is 509 g/mol. The monoisotopic (exact) mass is 539 g/mol. The van der Waals surface area contributed by atoms with E-state index >= 15 is 0 Å². The summed E-state index contributed by atoms with van der Waals surface area (Å²) in [5, 5.41) is 21.0. The number of anilines is 2. The van der Waals surface area contributed by atoms with Crippen LogP contribution in [0.5, 0.6) is 0 Å². The fourth-order valence-corrected chi connectivity index (χ4v) is 6.83. The second kappa shape index (κ2) is 10.6. The smallest absolute Gasteiger partial charge is 0.152 e. The molecule has 0 bridgehead atoms. The zero-order chi connectivity index (χ0) is 24.6. The van der Waals surface area contributed by atoms with Crippen LogP contribution in [-0.4, -0.2) is 70.2 Å². The molecule has 0 amide bonds. The summed E-state index contributed by atoms with van der Waals surface area (Å²) in [6.07, 6.45) is 7.19. The number of hydrogen-bond donors (Lipinski definition) is 2. The maximum atomic E-state index is 10.1. The van der Waals surface area contributed by atoms with E-state index in [0.29, 0.717) is 32.6 Å². The van der Waals surface area contributed by atoms with E-state index in [2.05, 4.69) is 21.7 Å². The molecule has 11 heteroatoms. The second-order valence-corrected chi connectivity index (χ2v) is 11.6. The van der Waals surface area contributed by atoms with Crippen LogP contribution in [0.15, 0.2) is 22.2 Å². The molecule has 0 saturated carbocycles. The first-order valence-corrected chi connectivity index (χ1v) is 13.7. The van der Waals surface area contributed by atoms with Gasteiger partial charge in [0.05, 0.1) is 43.2 Å². The Morgan fingerprint density at radius 3 is 2.69 bits per heavy atom. The first-order chi connectivity index (χ1) is 16.9. The van der Waals surface area contributed by atoms with Crippen LogP contribution in [0.1, 0.15) is 44.7 Å². The molecule has 1 spiro atoms. The Morgan fingerprint density at radius 1 is 1.20 bits per heavy atom. The van der Waals surface area contributed by atoms with E-state index in [1.165, 1.54) is 11.8 Å². The maximum Gasteiger partial charge on any atom is 0.152 e. The Bertz CT molecular complexity index is 1070. The Morgan fingerprint density at radius 2 is 2.00 bits per heavy atom. The van der Waals surface area contributed by atoms with Crippen molar-refractivity contribution in [2.75, 3.05) is 42.6 Å². The zero-order valence-corrected chi connectivity index (χ0v) is 22.1. The topological polar surface area (TPSA) is 94.8 Å². The Labute approximate surface area is 220 Å². The molecule has 2 aromatic heterocycles. The molecule has 2 N–H and O–H groups in total. The summed E-state index contributed by atoms with van der Waals surface area (Å²) in [4.78, 5) is 18.8. The van der Waals surface area contributed by atoms with Gasteiger partial charge in [0.15, 0.2) is 11.0 Å². The van der Waals surface area contributed by atoms with Crippen molar-refractivity contribution in [2.45, 2.75) is 67.7 Å². The van der Waals surface area contributed by atoms with Crippen LogP contribution in [-0.2, 0) is 11.3 Å². The summed E-state index contributed by atoms with van der Waals surface area (Å²) < 4.78 is 5.85. The molecule has 1 unspecified atom stereocenters. The number of nitrogens with zero attached hydrogens (tertiary/aromatic N) is 5. The predicted octanol–water partition coefficient (Wildman–Crippen LogP) is 4.18. The third-order valence-corrected chi connectivity index (χ3v) is 9.25. The number of pyridine rings is 1. The molecule has 0 radical (unpaired) electrons. The summed E-state index contributed by atoms with van der Waals surface area (Å²) in [6.45, 7) is 5.42. The first-order valence-electron chi connectivity index (χ1n) is 12.2. The van der Waals surface area contributed by atoms with Crippen LogP contribution in [0.3, 0.4) is 0 Å². The van der Waals surface area contributed by atoms with Crippen molar-refractivity contribution in [2.24, 2.45) is 5.41 Å². The van der Waals surface area contributed by atoms with Gasteiger partial charge >= 0.3 is 0 Å². The molecule has 3 saturated heterocycles. The molecule has 2 aromatic rings. The lowest BCUT2D eigenvalue weighted by molar-refractivity contribution is 0.0975. The van der Waals surface area contributed by atoms with E-state index < -0.39 is 0 Å². The average Bonchev–Trinajstić information content (AvgIpc) is 3.49. The van der Waals surface area contributed by atoms with Gasteiger partial charge in [0.2, 0.25) is 0 Å². The summed E-state index contributed by atoms with van der Waals surface area (Å²) in [7, 11) is 0. The molecule has 5 rings (SSSR count). The fourth-order valence-electron chi connectivity index (χ4n) is 5.54. The van der Waals surface area contributed by atoms with Gasteiger partial charge in [-0.25, -0.2) is 15.0 Å². The van der Waals surface area contributed by atoms with Crippen molar-refractivity contribution in [3.8, 4) is 0 Å². The summed E-state index contributed by atoms with van der Waals surface area (Å²) in [6, 6.07) is 1.91. The van der Waals surface area contributed by atoms with Crippen LogP contribution in [0.2, 0.25) is 10.2 Å². The molecule has 35 heavy (non-hydrogen) atoms. The second-order valence-electron chi connectivity index (χ2n) is 9.81. The highest BCUT2D eigenvalue weighted by atomic mass is 35.5. The molecule has 8 nitrogen and oxygen atoms in total. The van der Waals surface area contributed by atoms with Crippen molar-refractivity contribution in [1.82, 2.24) is 15.0 Å². The minimum atomic E-state index is -0.194. The number of halogens is 2. The fraction of sp³-hybridized carbons (Fsp3) is 0.625. The Hall–Kier alpha value is -1.36. The number of piperidine rings is 1. The normalized spacial score (nSPS) is 24.0. The molecule has 0 aliphatic carbocycles. The highest BCUT2D eigenvalue weighted by Gasteiger charge is 2.41. The number of aliphatic hydroxyl groups excluding tert-OH is 2. The number of ether oxygens (including phenoxy) is 1. The predicted molar refractivity (Wildman–Crippen MR) is 138 cm³/mol. The number of hydrogen-bond acceptors (Lipinski definition) is 9. The third-order valence-electron chi connectivity index (χ3n) is 7.44. The quantitative estimate of drug-likeness (QED) is 0.524. The number of aromatic nitrogens is 3. The van der Waals surface area contributed by atoms with Gasteiger partial charge in [-0.2, -0.15) is 0 Å². The van der Waals surface area contributed by atoms with Crippen molar-refractivity contribution in [3.63, 3.8) is 0 Å². The van der Waals surface area contributed by atoms with E-state index in [-0.39, 0.29) is 29.8 Å². The highest BCUT2D eigenvalue weighted by Crippen LogP contribution is 2.43. The van der Waals surface area contributed by atoms with Crippen molar-refractivity contribution in [1.29, 1.82) is 0 Å². The lowest BCUT2D eigenvalue weighted by atomic mass is 9.77. The molecule has 3 aliphatic rings. The van der Waals surface area contributed by atoms with Gasteiger partial charge in [0, 0.05) is 24.5 Å².